The number of benzene rings is 19. The number of fused-ring (bicyclic) bond motifs is 15. The molecule has 5 heterocycles. The monoisotopic (exact) mass is 2060 g/mol. The third-order valence-electron chi connectivity index (χ3n) is 30.7. The van der Waals surface area contributed by atoms with Gasteiger partial charge in [-0.3, -0.25) is 9.59 Å². The van der Waals surface area contributed by atoms with E-state index >= 15 is 0 Å². The van der Waals surface area contributed by atoms with Gasteiger partial charge in [-0.15, -0.1) is 0 Å². The number of carbonyl (C=O) groups is 5. The minimum Gasteiger partial charge on any atom is -0.425 e. The number of hydrogen-bond acceptors (Lipinski definition) is 10. The fourth-order valence-electron chi connectivity index (χ4n) is 23.4. The molecule has 5 fully saturated rings. The van der Waals surface area contributed by atoms with Crippen LogP contribution in [0.15, 0.2) is 419 Å². The molecule has 10 nitrogen and oxygen atoms in total. The van der Waals surface area contributed by atoms with E-state index in [1.165, 1.54) is 197 Å². The van der Waals surface area contributed by atoms with Gasteiger partial charge < -0.3 is 23.7 Å². The van der Waals surface area contributed by atoms with Crippen molar-refractivity contribution in [1.29, 1.82) is 0 Å². The zero-order chi connectivity index (χ0) is 101. The highest BCUT2D eigenvalue weighted by Crippen LogP contribution is 2.50. The summed E-state index contributed by atoms with van der Waals surface area (Å²) in [6.07, 6.45) is 21.4. The molecule has 150 heavy (non-hydrogen) atoms. The van der Waals surface area contributed by atoms with E-state index in [2.05, 4.69) is 164 Å². The van der Waals surface area contributed by atoms with E-state index in [1.807, 2.05) is 231 Å². The maximum atomic E-state index is 13.6. The average Bonchev–Trinajstić information content (AvgIpc) is 1.54. The largest absolute Gasteiger partial charge is 0.425 e. The Morgan fingerprint density at radius 3 is 0.707 bits per heavy atom. The first kappa shape index (κ1) is 97.6. The Kier molecular flexibility index (Phi) is 28.9. The third kappa shape index (κ3) is 19.8. The van der Waals surface area contributed by atoms with Gasteiger partial charge in [0.15, 0.2) is 24.5 Å². The predicted molar refractivity (Wildman–Crippen MR) is 625 cm³/mol. The SMILES string of the molecule is O=C(Oc1ccc([S+]2CCCC2)c2ccccc12)C1=CCc2ccccc21.O=C(Oc1ccc([S+]2CCCC2)c2ccccc12)C1c2ccccc2-c2ccccc21.O=C(Oc1ccc([S+]2CCCC2)c2ccccc12)c1c2ccccc2cc2ccccc12.O=C(Oc1ccc([S+]2CCCCC2)c2ccccc12)C1=CCc2ccccc21.O=C(Oc1ccc([S+]2CCCCC2)c2ccccc12)C1c2ccccc2-c2ccccc21. The number of esters is 5. The molecule has 15 heteroatoms. The molecule has 0 unspecified atom stereocenters. The molecule has 9 aliphatic rings. The quantitative estimate of drug-likeness (QED) is 0.0423. The Bertz CT molecular complexity index is 8380. The molecule has 0 N–H and O–H groups in total. The van der Waals surface area contributed by atoms with Crippen molar-refractivity contribution in [2.45, 2.75) is 126 Å². The molecule has 5 aliphatic heterocycles. The summed E-state index contributed by atoms with van der Waals surface area (Å²) in [5.74, 6) is 14.0. The van der Waals surface area contributed by atoms with Crippen molar-refractivity contribution in [2.75, 3.05) is 57.5 Å². The first-order valence-electron chi connectivity index (χ1n) is 52.9. The van der Waals surface area contributed by atoms with Gasteiger partial charge in [-0.25, -0.2) is 14.4 Å². The third-order valence-corrected chi connectivity index (χ3v) is 43.4. The van der Waals surface area contributed by atoms with E-state index in [-0.39, 0.29) is 41.7 Å². The zero-order valence-corrected chi connectivity index (χ0v) is 87.9. The second-order valence-corrected chi connectivity index (χ2v) is 50.9. The van der Waals surface area contributed by atoms with E-state index in [4.69, 9.17) is 23.7 Å². The fraction of sp³-hybridized carbons (Fsp3) is 0.193. The number of hydrogen-bond donors (Lipinski definition) is 0. The minimum absolute atomic E-state index is 0.208. The van der Waals surface area contributed by atoms with Crippen LogP contribution in [0.2, 0.25) is 0 Å². The Morgan fingerprint density at radius 1 is 0.200 bits per heavy atom. The number of allylic oxidation sites excluding steroid dienone is 2. The molecule has 0 atom stereocenters. The molecule has 19 aromatic carbocycles. The number of ether oxygens (including phenoxy) is 5. The van der Waals surface area contributed by atoms with Crippen molar-refractivity contribution in [3.05, 3.63) is 444 Å². The lowest BCUT2D eigenvalue weighted by molar-refractivity contribution is -0.135. The first-order valence-corrected chi connectivity index (χ1v) is 60.8. The van der Waals surface area contributed by atoms with Gasteiger partial charge >= 0.3 is 29.8 Å². The van der Waals surface area contributed by atoms with Crippen LogP contribution in [0.3, 0.4) is 0 Å². The van der Waals surface area contributed by atoms with Gasteiger partial charge in [-0.05, 0) is 275 Å². The average molecular weight is 2060 g/mol. The van der Waals surface area contributed by atoms with Crippen molar-refractivity contribution < 1.29 is 47.7 Å². The van der Waals surface area contributed by atoms with Crippen molar-refractivity contribution in [3.8, 4) is 51.0 Å². The lowest BCUT2D eigenvalue weighted by Crippen LogP contribution is -2.19. The van der Waals surface area contributed by atoms with Crippen LogP contribution < -0.4 is 23.7 Å². The fourth-order valence-corrected chi connectivity index (χ4v) is 35.9. The summed E-state index contributed by atoms with van der Waals surface area (Å²) in [7, 11) is 1.55. The Morgan fingerprint density at radius 2 is 0.420 bits per heavy atom. The van der Waals surface area contributed by atoms with Gasteiger partial charge in [0.2, 0.25) is 0 Å². The lowest BCUT2D eigenvalue weighted by atomic mass is 9.97. The molecule has 5 saturated heterocycles. The lowest BCUT2D eigenvalue weighted by Gasteiger charge is -2.17. The molecule has 0 bridgehead atoms. The van der Waals surface area contributed by atoms with E-state index in [1.54, 1.807) is 0 Å². The van der Waals surface area contributed by atoms with Gasteiger partial charge in [0.05, 0.1) is 16.7 Å². The minimum atomic E-state index is -0.388. The summed E-state index contributed by atoms with van der Waals surface area (Å²) in [5.41, 5.74) is 15.0. The Balaban J connectivity index is 0.0000000999. The molecule has 0 aromatic heterocycles. The summed E-state index contributed by atoms with van der Waals surface area (Å²) in [4.78, 5) is 73.6. The van der Waals surface area contributed by atoms with Gasteiger partial charge in [0, 0.05) is 108 Å². The molecular weight excluding hydrogens is 1940 g/mol. The highest BCUT2D eigenvalue weighted by molar-refractivity contribution is 7.98. The maximum absolute atomic E-state index is 13.6. The van der Waals surface area contributed by atoms with Gasteiger partial charge in [-0.1, -0.05) is 297 Å². The Labute approximate surface area is 890 Å². The number of rotatable bonds is 15. The summed E-state index contributed by atoms with van der Waals surface area (Å²) >= 11 is 0. The van der Waals surface area contributed by atoms with E-state index in [0.29, 0.717) is 99.9 Å². The molecule has 28 rings (SSSR count). The number of carbonyl (C=O) groups excluding carboxylic acids is 5. The molecule has 0 saturated carbocycles. The van der Waals surface area contributed by atoms with Crippen LogP contribution in [0.25, 0.3) is 109 Å². The van der Waals surface area contributed by atoms with Gasteiger partial charge in [0.1, 0.15) is 98.1 Å². The van der Waals surface area contributed by atoms with Crippen molar-refractivity contribution in [1.82, 2.24) is 0 Å². The normalized spacial score (nSPS) is 15.8. The molecule has 0 spiro atoms. The molecule has 19 aromatic rings. The van der Waals surface area contributed by atoms with Gasteiger partial charge in [0.25, 0.3) is 0 Å². The van der Waals surface area contributed by atoms with Crippen LogP contribution in [0.4, 0.5) is 0 Å². The molecule has 740 valence electrons. The topological polar surface area (TPSA) is 132 Å². The summed E-state index contributed by atoms with van der Waals surface area (Å²) in [6.45, 7) is 0. The van der Waals surface area contributed by atoms with Crippen LogP contribution in [-0.2, 0) is 86.5 Å². The van der Waals surface area contributed by atoms with Gasteiger partial charge in [-0.2, -0.15) is 0 Å². The van der Waals surface area contributed by atoms with Crippen molar-refractivity contribution in [2.24, 2.45) is 0 Å². The summed E-state index contributed by atoms with van der Waals surface area (Å²) < 4.78 is 30.1. The zero-order valence-electron chi connectivity index (χ0n) is 83.8. The second kappa shape index (κ2) is 44.4. The van der Waals surface area contributed by atoms with E-state index < -0.39 is 0 Å². The van der Waals surface area contributed by atoms with Crippen molar-refractivity contribution in [3.63, 3.8) is 0 Å². The maximum Gasteiger partial charge on any atom is 0.344 e. The smallest absolute Gasteiger partial charge is 0.344 e. The second-order valence-electron chi connectivity index (χ2n) is 39.7. The first-order chi connectivity index (χ1) is 74.0. The summed E-state index contributed by atoms with van der Waals surface area (Å²) in [6, 6.07) is 130. The van der Waals surface area contributed by atoms with Crippen LogP contribution in [0, 0.1) is 0 Å². The van der Waals surface area contributed by atoms with Crippen LogP contribution in [-0.4, -0.2) is 87.4 Å². The molecule has 0 amide bonds. The molecule has 0 radical (unpaired) electrons. The predicted octanol–water partition coefficient (Wildman–Crippen LogP) is 30.9. The van der Waals surface area contributed by atoms with Crippen LogP contribution in [0.5, 0.6) is 28.7 Å². The summed E-state index contributed by atoms with van der Waals surface area (Å²) in [5, 5.41) is 15.2. The highest BCUT2D eigenvalue weighted by Gasteiger charge is 2.41. The molecular formula is C135H115O10S5+5. The van der Waals surface area contributed by atoms with E-state index in [0.717, 1.165) is 117 Å². The van der Waals surface area contributed by atoms with Crippen LogP contribution in [0.1, 0.15) is 144 Å². The highest BCUT2D eigenvalue weighted by atomic mass is 32.2. The van der Waals surface area contributed by atoms with Crippen LogP contribution >= 0.6 is 0 Å². The van der Waals surface area contributed by atoms with Crippen molar-refractivity contribution >= 4 is 171 Å². The Hall–Kier alpha value is -14.4. The standard InChI is InChI=1S/C29H25O2S.C29H23O2S.C28H23O2S.C25H23O2S.C24H21O2S/c30-29(28-24-14-6-2-10-20(24)21-11-3-7-15-25(21)28)31-26-16-17-27(32-18-8-1-9-19-32)23-13-5-4-12-22(23)26;30-29(28-22-11-3-1-9-20(22)19-21-10-2-4-12-23(21)28)31-26-15-16-27(32-17-7-8-18-32)25-14-6-5-13-24(25)26;29-28(27-23-13-5-1-9-19(23)20-10-2-6-14-24(20)27)30-25-15-16-26(31-17-7-8-18-31)22-12-4-3-11-21(22)25;26-25(22-13-12-18-8-2-3-9-19(18)22)27-23-14-15-24(28-16-6-1-7-17-28)21-11-5-4-10-20(21)23;25-24(21-12-11-17-7-1-2-8-18(17)21)26-22-13-14-23(27-15-5-6-16-27)20-10-4-3-9-19(20)22/h2-7,10-17,28H,1,8-9,18-19H2;1-6,9-16,19H,7-8,17-18H2;1-6,9-16,27H,7-8,17-18H2;2-5,8-11,13-15H,1,6-7,12,16-17H2;1-4,7-10,12-14H,5-6,11,15-16H2/q5*+1. The van der Waals surface area contributed by atoms with E-state index in [9.17, 15) is 24.0 Å². The molecule has 4 aliphatic carbocycles.